The van der Waals surface area contributed by atoms with Gasteiger partial charge in [-0.25, -0.2) is 0 Å². The molecule has 0 amide bonds. The normalized spacial score (nSPS) is 10.4. The lowest BCUT2D eigenvalue weighted by molar-refractivity contribution is 0.00819. The van der Waals surface area contributed by atoms with E-state index in [1.54, 1.807) is 11.3 Å². The molecule has 0 bridgehead atoms. The van der Waals surface area contributed by atoms with E-state index in [1.165, 1.54) is 32.7 Å². The summed E-state index contributed by atoms with van der Waals surface area (Å²) in [7, 11) is 0. The maximum absolute atomic E-state index is 9.67. The number of halogens is 3. The van der Waals surface area contributed by atoms with Gasteiger partial charge in [0.2, 0.25) is 0 Å². The molecule has 4 rings (SSSR count). The molecule has 3 aromatic carbocycles. The second kappa shape index (κ2) is 9.19. The molecule has 0 aliphatic rings. The topological polar surface area (TPSA) is 0 Å². The lowest BCUT2D eigenvalue weighted by Gasteiger charge is -2.10. The highest BCUT2D eigenvalue weighted by Gasteiger charge is 2.07. The highest BCUT2D eigenvalue weighted by molar-refractivity contribution is 7.13. The molecule has 0 N–H and O–H groups in total. The third kappa shape index (κ3) is 5.08. The van der Waals surface area contributed by atoms with E-state index in [0.29, 0.717) is 0 Å². The van der Waals surface area contributed by atoms with Gasteiger partial charge >= 0.3 is 6.68 Å². The summed E-state index contributed by atoms with van der Waals surface area (Å²) in [5, 5.41) is 2.12. The zero-order valence-electron chi connectivity index (χ0n) is 14.4. The molecule has 4 heteroatoms. The molecular weight excluding hydrogens is 365 g/mol. The molecule has 27 heavy (non-hydrogen) atoms. The van der Waals surface area contributed by atoms with Gasteiger partial charge in [-0.2, -0.15) is 13.2 Å². The Hall–Kier alpha value is -2.85. The van der Waals surface area contributed by atoms with Crippen LogP contribution in [0.5, 0.6) is 0 Å². The van der Waals surface area contributed by atoms with Gasteiger partial charge in [-0.15, -0.1) is 11.3 Å². The summed E-state index contributed by atoms with van der Waals surface area (Å²) in [4.78, 5) is 1.31. The monoisotopic (exact) mass is 382 g/mol. The Morgan fingerprint density at radius 1 is 0.519 bits per heavy atom. The van der Waals surface area contributed by atoms with Crippen LogP contribution in [0.25, 0.3) is 32.7 Å². The number of thiophene rings is 1. The fourth-order valence-electron chi connectivity index (χ4n) is 2.86. The van der Waals surface area contributed by atoms with Crippen molar-refractivity contribution in [3.63, 3.8) is 0 Å². The molecule has 1 aromatic heterocycles. The molecule has 4 aromatic rings. The fraction of sp³-hybridized carbons (Fsp3) is 0.0435. The molecule has 0 saturated heterocycles. The smallest absolute Gasteiger partial charge is 0.174 e. The second-order valence-electron chi connectivity index (χ2n) is 5.71. The average Bonchev–Trinajstić information content (AvgIpc) is 3.23. The Kier molecular flexibility index (Phi) is 6.44. The largest absolute Gasteiger partial charge is 0.379 e. The van der Waals surface area contributed by atoms with Crippen molar-refractivity contribution < 1.29 is 13.2 Å². The van der Waals surface area contributed by atoms with E-state index < -0.39 is 6.68 Å². The van der Waals surface area contributed by atoms with Crippen molar-refractivity contribution in [3.05, 3.63) is 96.4 Å². The van der Waals surface area contributed by atoms with E-state index >= 15 is 0 Å². The van der Waals surface area contributed by atoms with Crippen molar-refractivity contribution in [2.24, 2.45) is 0 Å². The minimum absolute atomic E-state index is 1.25. The number of alkyl halides is 3. The minimum Gasteiger partial charge on any atom is -0.174 e. The van der Waals surface area contributed by atoms with Crippen molar-refractivity contribution >= 4 is 11.3 Å². The van der Waals surface area contributed by atoms with E-state index in [9.17, 15) is 13.2 Å². The molecule has 0 saturated carbocycles. The first-order chi connectivity index (χ1) is 13.1. The average molecular weight is 382 g/mol. The van der Waals surface area contributed by atoms with Gasteiger partial charge in [-0.1, -0.05) is 84.9 Å². The molecule has 0 atom stereocenters. The molecule has 0 nitrogen and oxygen atoms in total. The molecular formula is C23H17F3S. The Morgan fingerprint density at radius 2 is 1.00 bits per heavy atom. The molecule has 0 aliphatic heterocycles. The van der Waals surface area contributed by atoms with Gasteiger partial charge < -0.3 is 0 Å². The number of benzene rings is 3. The predicted octanol–water partition coefficient (Wildman–Crippen LogP) is 7.93. The number of hydrogen-bond donors (Lipinski definition) is 0. The van der Waals surface area contributed by atoms with Gasteiger partial charge in [0.05, 0.1) is 0 Å². The van der Waals surface area contributed by atoms with Crippen LogP contribution in [0.15, 0.2) is 96.4 Å². The summed E-state index contributed by atoms with van der Waals surface area (Å²) in [6.45, 7) is -3.67. The van der Waals surface area contributed by atoms with Gasteiger partial charge in [0.25, 0.3) is 0 Å². The summed E-state index contributed by atoms with van der Waals surface area (Å²) in [5.74, 6) is 0. The first-order valence-electron chi connectivity index (χ1n) is 8.36. The van der Waals surface area contributed by atoms with Gasteiger partial charge in [0, 0.05) is 4.88 Å². The molecule has 0 spiro atoms. The van der Waals surface area contributed by atoms with Gasteiger partial charge in [-0.05, 0) is 39.3 Å². The Labute approximate surface area is 160 Å². The van der Waals surface area contributed by atoms with Crippen LogP contribution < -0.4 is 0 Å². The van der Waals surface area contributed by atoms with Crippen LogP contribution in [0, 0.1) is 0 Å². The third-order valence-corrected chi connectivity index (χ3v) is 4.93. The van der Waals surface area contributed by atoms with E-state index in [-0.39, 0.29) is 0 Å². The number of hydrogen-bond acceptors (Lipinski definition) is 1. The van der Waals surface area contributed by atoms with Crippen LogP contribution in [0.1, 0.15) is 0 Å². The molecule has 0 aliphatic carbocycles. The summed E-state index contributed by atoms with van der Waals surface area (Å²) in [6, 6.07) is 32.3. The highest BCUT2D eigenvalue weighted by Crippen LogP contribution is 2.33. The zero-order valence-corrected chi connectivity index (χ0v) is 15.2. The zero-order chi connectivity index (χ0) is 19.1. The van der Waals surface area contributed by atoms with Crippen molar-refractivity contribution in [2.75, 3.05) is 0 Å². The molecule has 136 valence electrons. The summed E-state index contributed by atoms with van der Waals surface area (Å²) < 4.78 is 29.0. The van der Waals surface area contributed by atoms with Crippen molar-refractivity contribution in [1.29, 1.82) is 0 Å². The lowest BCUT2D eigenvalue weighted by atomic mass is 9.94. The van der Waals surface area contributed by atoms with E-state index in [2.05, 4.69) is 96.4 Å². The van der Waals surface area contributed by atoms with E-state index in [1.807, 2.05) is 0 Å². The molecule has 0 unspecified atom stereocenters. The summed E-state index contributed by atoms with van der Waals surface area (Å²) in [5.41, 5.74) is 6.34. The third-order valence-electron chi connectivity index (χ3n) is 4.01. The fourth-order valence-corrected chi connectivity index (χ4v) is 3.59. The summed E-state index contributed by atoms with van der Waals surface area (Å²) in [6.07, 6.45) is 0. The first-order valence-corrected chi connectivity index (χ1v) is 9.24. The quantitative estimate of drug-likeness (QED) is 0.337. The Balaban J connectivity index is 0.000000481. The second-order valence-corrected chi connectivity index (χ2v) is 6.66. The maximum Gasteiger partial charge on any atom is 0.379 e. The summed E-state index contributed by atoms with van der Waals surface area (Å²) >= 11 is 1.78. The van der Waals surface area contributed by atoms with Crippen molar-refractivity contribution in [2.45, 2.75) is 6.68 Å². The van der Waals surface area contributed by atoms with Crippen molar-refractivity contribution in [3.8, 4) is 32.7 Å². The molecule has 0 radical (unpaired) electrons. The van der Waals surface area contributed by atoms with E-state index in [0.717, 1.165) is 0 Å². The SMILES string of the molecule is FC(F)F.c1ccc(-c2ccccc2-c2ccc(-c3cccs3)cc2)cc1. The standard InChI is InChI=1S/C22H16S.CHF3/c1-2-7-17(8-3-1)20-9-4-5-10-21(20)18-12-14-19(15-13-18)22-11-6-16-23-22;2-1(3)4/h1-16H;1H. The molecule has 0 fully saturated rings. The predicted molar refractivity (Wildman–Crippen MR) is 108 cm³/mol. The van der Waals surface area contributed by atoms with Crippen LogP contribution in [-0.2, 0) is 0 Å². The van der Waals surface area contributed by atoms with Crippen LogP contribution in [-0.4, -0.2) is 6.68 Å². The first kappa shape index (κ1) is 18.9. The van der Waals surface area contributed by atoms with Gasteiger partial charge in [-0.3, -0.25) is 0 Å². The van der Waals surface area contributed by atoms with Crippen LogP contribution in [0.3, 0.4) is 0 Å². The highest BCUT2D eigenvalue weighted by atomic mass is 32.1. The Morgan fingerprint density at radius 3 is 1.52 bits per heavy atom. The van der Waals surface area contributed by atoms with Crippen LogP contribution in [0.2, 0.25) is 0 Å². The molecule has 1 heterocycles. The maximum atomic E-state index is 9.67. The van der Waals surface area contributed by atoms with Crippen LogP contribution >= 0.6 is 11.3 Å². The Bertz CT molecular complexity index is 944. The number of rotatable bonds is 3. The van der Waals surface area contributed by atoms with Gasteiger partial charge in [0.15, 0.2) is 0 Å². The lowest BCUT2D eigenvalue weighted by Crippen LogP contribution is -1.85. The van der Waals surface area contributed by atoms with Crippen molar-refractivity contribution in [1.82, 2.24) is 0 Å². The van der Waals surface area contributed by atoms with E-state index in [4.69, 9.17) is 0 Å². The van der Waals surface area contributed by atoms with Gasteiger partial charge in [0.1, 0.15) is 0 Å². The van der Waals surface area contributed by atoms with Crippen LogP contribution in [0.4, 0.5) is 13.2 Å². The minimum atomic E-state index is -3.67.